The summed E-state index contributed by atoms with van der Waals surface area (Å²) >= 11 is 0. The first kappa shape index (κ1) is 18.6. The molecular weight excluding hydrogens is 398 g/mol. The predicted octanol–water partition coefficient (Wildman–Crippen LogP) is 3.29. The number of carboxylic acid groups (broad SMARTS) is 1. The van der Waals surface area contributed by atoms with Crippen molar-refractivity contribution >= 4 is 21.7 Å². The molecule has 0 unspecified atom stereocenters. The van der Waals surface area contributed by atoms with Crippen LogP contribution in [-0.2, 0) is 10.0 Å². The summed E-state index contributed by atoms with van der Waals surface area (Å²) in [5.74, 6) is -0.633. The number of fused-ring (bicyclic) bond motifs is 1. The molecule has 0 radical (unpaired) electrons. The molecule has 1 aliphatic rings. The summed E-state index contributed by atoms with van der Waals surface area (Å²) in [6.45, 7) is 0.143. The molecular formula is C20H15NO7S. The molecule has 0 aliphatic carbocycles. The summed E-state index contributed by atoms with van der Waals surface area (Å²) in [6, 6.07) is 15.1. The number of aromatic carboxylic acids is 1. The van der Waals surface area contributed by atoms with Crippen LogP contribution in [0.25, 0.3) is 11.1 Å². The van der Waals surface area contributed by atoms with Crippen molar-refractivity contribution in [3.63, 3.8) is 0 Å². The number of ether oxygens (including phenoxy) is 2. The topological polar surface area (TPSA) is 122 Å². The van der Waals surface area contributed by atoms with Gasteiger partial charge in [-0.25, -0.2) is 13.2 Å². The van der Waals surface area contributed by atoms with Gasteiger partial charge in [0.1, 0.15) is 11.3 Å². The van der Waals surface area contributed by atoms with Gasteiger partial charge in [-0.05, 0) is 47.5 Å². The lowest BCUT2D eigenvalue weighted by Crippen LogP contribution is -2.13. The summed E-state index contributed by atoms with van der Waals surface area (Å²) in [5, 5.41) is 18.7. The summed E-state index contributed by atoms with van der Waals surface area (Å²) < 4.78 is 38.5. The predicted molar refractivity (Wildman–Crippen MR) is 104 cm³/mol. The molecule has 0 amide bonds. The van der Waals surface area contributed by atoms with E-state index in [-0.39, 0.29) is 22.9 Å². The Morgan fingerprint density at radius 2 is 1.69 bits per heavy atom. The van der Waals surface area contributed by atoms with Crippen LogP contribution in [0.3, 0.4) is 0 Å². The highest BCUT2D eigenvalue weighted by molar-refractivity contribution is 7.92. The fourth-order valence-electron chi connectivity index (χ4n) is 2.91. The highest BCUT2D eigenvalue weighted by Crippen LogP contribution is 2.36. The minimum absolute atomic E-state index is 0.00877. The molecule has 3 N–H and O–H groups in total. The first-order valence-corrected chi connectivity index (χ1v) is 9.91. The number of carboxylic acids is 1. The Balaban J connectivity index is 1.63. The van der Waals surface area contributed by atoms with E-state index in [0.29, 0.717) is 17.1 Å². The standard InChI is InChI=1S/C20H15NO7S/c22-17-10-14(5-6-16(17)20(23)24)21-29(25,26)15-3-1-2-12(8-15)13-4-7-18-19(9-13)28-11-27-18/h1-10,21-22H,11H2,(H,23,24). The molecule has 3 aromatic rings. The molecule has 3 aromatic carbocycles. The van der Waals surface area contributed by atoms with Crippen LogP contribution in [-0.4, -0.2) is 31.4 Å². The van der Waals surface area contributed by atoms with Crippen molar-refractivity contribution in [2.45, 2.75) is 4.90 Å². The van der Waals surface area contributed by atoms with Gasteiger partial charge in [0.2, 0.25) is 6.79 Å². The van der Waals surface area contributed by atoms with Gasteiger partial charge in [0.25, 0.3) is 10.0 Å². The number of nitrogens with one attached hydrogen (secondary N) is 1. The van der Waals surface area contributed by atoms with Crippen molar-refractivity contribution in [3.8, 4) is 28.4 Å². The molecule has 29 heavy (non-hydrogen) atoms. The summed E-state index contributed by atoms with van der Waals surface area (Å²) in [6.07, 6.45) is 0. The second-order valence-electron chi connectivity index (χ2n) is 6.24. The Morgan fingerprint density at radius 3 is 2.45 bits per heavy atom. The van der Waals surface area contributed by atoms with Crippen LogP contribution in [0.5, 0.6) is 17.2 Å². The first-order chi connectivity index (χ1) is 13.8. The number of hydrogen-bond donors (Lipinski definition) is 3. The minimum atomic E-state index is -3.97. The van der Waals surface area contributed by atoms with E-state index < -0.39 is 21.7 Å². The number of benzene rings is 3. The van der Waals surface area contributed by atoms with Crippen LogP contribution in [0.15, 0.2) is 65.6 Å². The third kappa shape index (κ3) is 3.67. The Hall–Kier alpha value is -3.72. The number of anilines is 1. The Kier molecular flexibility index (Phi) is 4.51. The zero-order valence-electron chi connectivity index (χ0n) is 14.8. The summed E-state index contributed by atoms with van der Waals surface area (Å²) in [5.41, 5.74) is 1.14. The zero-order valence-corrected chi connectivity index (χ0v) is 15.6. The smallest absolute Gasteiger partial charge is 0.339 e. The second-order valence-corrected chi connectivity index (χ2v) is 7.92. The van der Waals surface area contributed by atoms with E-state index in [4.69, 9.17) is 14.6 Å². The van der Waals surface area contributed by atoms with E-state index in [1.165, 1.54) is 18.2 Å². The van der Waals surface area contributed by atoms with Gasteiger partial charge in [-0.15, -0.1) is 0 Å². The van der Waals surface area contributed by atoms with Gasteiger partial charge in [-0.1, -0.05) is 18.2 Å². The van der Waals surface area contributed by atoms with Gasteiger partial charge in [0.05, 0.1) is 10.6 Å². The SMILES string of the molecule is O=C(O)c1ccc(NS(=O)(=O)c2cccc(-c3ccc4c(c3)OCO4)c2)cc1O. The third-order valence-electron chi connectivity index (χ3n) is 4.33. The number of phenols is 1. The minimum Gasteiger partial charge on any atom is -0.507 e. The molecule has 4 rings (SSSR count). The monoisotopic (exact) mass is 413 g/mol. The van der Waals surface area contributed by atoms with Crippen molar-refractivity contribution < 1.29 is 32.9 Å². The van der Waals surface area contributed by atoms with Gasteiger partial charge in [-0.2, -0.15) is 0 Å². The molecule has 0 saturated heterocycles. The maximum atomic E-state index is 12.7. The molecule has 8 nitrogen and oxygen atoms in total. The van der Waals surface area contributed by atoms with Crippen LogP contribution in [0.1, 0.15) is 10.4 Å². The van der Waals surface area contributed by atoms with Crippen molar-refractivity contribution in [1.29, 1.82) is 0 Å². The highest BCUT2D eigenvalue weighted by Gasteiger charge is 2.18. The second kappa shape index (κ2) is 7.02. The molecule has 0 fully saturated rings. The maximum Gasteiger partial charge on any atom is 0.339 e. The van der Waals surface area contributed by atoms with Gasteiger partial charge in [0, 0.05) is 6.07 Å². The van der Waals surface area contributed by atoms with E-state index in [1.54, 1.807) is 30.3 Å². The lowest BCUT2D eigenvalue weighted by atomic mass is 10.1. The van der Waals surface area contributed by atoms with Crippen LogP contribution < -0.4 is 14.2 Å². The normalized spacial score (nSPS) is 12.6. The average Bonchev–Trinajstić information content (AvgIpc) is 3.15. The molecule has 1 heterocycles. The lowest BCUT2D eigenvalue weighted by molar-refractivity contribution is 0.0693. The lowest BCUT2D eigenvalue weighted by Gasteiger charge is -2.11. The fraction of sp³-hybridized carbons (Fsp3) is 0.0500. The van der Waals surface area contributed by atoms with Gasteiger partial charge < -0.3 is 19.7 Å². The van der Waals surface area contributed by atoms with Crippen molar-refractivity contribution in [2.24, 2.45) is 0 Å². The highest BCUT2D eigenvalue weighted by atomic mass is 32.2. The Bertz CT molecular complexity index is 1220. The number of hydrogen-bond acceptors (Lipinski definition) is 6. The van der Waals surface area contributed by atoms with Crippen LogP contribution >= 0.6 is 0 Å². The zero-order chi connectivity index (χ0) is 20.6. The third-order valence-corrected chi connectivity index (χ3v) is 5.71. The first-order valence-electron chi connectivity index (χ1n) is 8.43. The Morgan fingerprint density at radius 1 is 0.931 bits per heavy atom. The molecule has 0 saturated carbocycles. The van der Waals surface area contributed by atoms with Crippen LogP contribution in [0.4, 0.5) is 5.69 Å². The number of aromatic hydroxyl groups is 1. The van der Waals surface area contributed by atoms with Crippen molar-refractivity contribution in [2.75, 3.05) is 11.5 Å². The number of rotatable bonds is 5. The van der Waals surface area contributed by atoms with E-state index in [0.717, 1.165) is 17.7 Å². The number of carbonyl (C=O) groups is 1. The van der Waals surface area contributed by atoms with E-state index in [2.05, 4.69) is 4.72 Å². The van der Waals surface area contributed by atoms with Crippen LogP contribution in [0, 0.1) is 0 Å². The van der Waals surface area contributed by atoms with Crippen molar-refractivity contribution in [1.82, 2.24) is 0 Å². The van der Waals surface area contributed by atoms with Gasteiger partial charge in [0.15, 0.2) is 11.5 Å². The average molecular weight is 413 g/mol. The van der Waals surface area contributed by atoms with Crippen molar-refractivity contribution in [3.05, 3.63) is 66.2 Å². The summed E-state index contributed by atoms with van der Waals surface area (Å²) in [7, 11) is -3.97. The quantitative estimate of drug-likeness (QED) is 0.587. The largest absolute Gasteiger partial charge is 0.507 e. The molecule has 0 bridgehead atoms. The molecule has 0 atom stereocenters. The molecule has 1 aliphatic heterocycles. The number of sulfonamides is 1. The van der Waals surface area contributed by atoms with E-state index in [1.807, 2.05) is 0 Å². The molecule has 0 aromatic heterocycles. The molecule has 0 spiro atoms. The summed E-state index contributed by atoms with van der Waals surface area (Å²) in [4.78, 5) is 11.0. The fourth-order valence-corrected chi connectivity index (χ4v) is 4.00. The maximum absolute atomic E-state index is 12.7. The van der Waals surface area contributed by atoms with E-state index in [9.17, 15) is 18.3 Å². The Labute approximate surface area is 166 Å². The van der Waals surface area contributed by atoms with Gasteiger partial charge >= 0.3 is 5.97 Å². The molecule has 9 heteroatoms. The molecule has 148 valence electrons. The van der Waals surface area contributed by atoms with E-state index >= 15 is 0 Å². The van der Waals surface area contributed by atoms with Crippen LogP contribution in [0.2, 0.25) is 0 Å². The van der Waals surface area contributed by atoms with Gasteiger partial charge in [-0.3, -0.25) is 4.72 Å².